The molecule has 9 heteroatoms. The molecule has 4 aromatic carbocycles. The van der Waals surface area contributed by atoms with Gasteiger partial charge in [0.15, 0.2) is 0 Å². The highest BCUT2D eigenvalue weighted by Gasteiger charge is 2.35. The van der Waals surface area contributed by atoms with Gasteiger partial charge in [0.1, 0.15) is 0 Å². The van der Waals surface area contributed by atoms with E-state index in [4.69, 9.17) is 0 Å². The number of hydrogen-bond acceptors (Lipinski definition) is 6. The number of benzene rings is 4. The average molecular weight is 592 g/mol. The van der Waals surface area contributed by atoms with Gasteiger partial charge in [0, 0.05) is 39.0 Å². The molecule has 5 aromatic rings. The third-order valence-corrected chi connectivity index (χ3v) is 9.09. The number of carbonyl (C=O) groups is 2. The summed E-state index contributed by atoms with van der Waals surface area (Å²) in [6.07, 6.45) is 1.81. The molecule has 0 bridgehead atoms. The number of non-ortho nitro benzene ring substituents is 1. The highest BCUT2D eigenvalue weighted by Crippen LogP contribution is 2.35. The van der Waals surface area contributed by atoms with E-state index in [0.29, 0.717) is 4.91 Å². The summed E-state index contributed by atoms with van der Waals surface area (Å²) in [6, 6.07) is 30.6. The summed E-state index contributed by atoms with van der Waals surface area (Å²) in [5, 5.41) is 12.8. The highest BCUT2D eigenvalue weighted by atomic mass is 32.2. The number of nitro groups is 1. The fourth-order valence-corrected chi connectivity index (χ4v) is 6.71. The molecule has 0 atom stereocenters. The lowest BCUT2D eigenvalue weighted by molar-refractivity contribution is -0.384. The van der Waals surface area contributed by atoms with Crippen molar-refractivity contribution in [3.8, 4) is 5.69 Å². The summed E-state index contributed by atoms with van der Waals surface area (Å²) in [6.45, 7) is 4.24. The molecule has 0 aliphatic carbocycles. The van der Waals surface area contributed by atoms with Crippen molar-refractivity contribution in [2.45, 2.75) is 30.2 Å². The van der Waals surface area contributed by atoms with Gasteiger partial charge in [-0.3, -0.25) is 24.6 Å². The van der Waals surface area contributed by atoms with E-state index in [0.717, 1.165) is 60.5 Å². The Kier molecular flexibility index (Phi) is 7.45. The van der Waals surface area contributed by atoms with Crippen LogP contribution in [0.15, 0.2) is 112 Å². The first kappa shape index (κ1) is 27.6. The van der Waals surface area contributed by atoms with E-state index in [1.165, 1.54) is 28.8 Å². The maximum Gasteiger partial charge on any atom is 0.293 e. The summed E-state index contributed by atoms with van der Waals surface area (Å²) >= 11 is 2.50. The number of amides is 2. The predicted octanol–water partition coefficient (Wildman–Crippen LogP) is 8.54. The average Bonchev–Trinajstić information content (AvgIpc) is 3.42. The third-order valence-electron chi connectivity index (χ3n) is 7.16. The number of rotatable bonds is 7. The second-order valence-electron chi connectivity index (χ2n) is 9.96. The first-order valence-electron chi connectivity index (χ1n) is 13.2. The monoisotopic (exact) mass is 591 g/mol. The minimum Gasteiger partial charge on any atom is -0.318 e. The summed E-state index contributed by atoms with van der Waals surface area (Å²) in [7, 11) is 0. The minimum atomic E-state index is -0.406. The number of imide groups is 1. The Morgan fingerprint density at radius 3 is 2.21 bits per heavy atom. The zero-order valence-electron chi connectivity index (χ0n) is 22.8. The number of thioether (sulfide) groups is 1. The van der Waals surface area contributed by atoms with Gasteiger partial charge in [0.05, 0.1) is 16.4 Å². The Balaban J connectivity index is 1.19. The first-order chi connectivity index (χ1) is 20.3. The van der Waals surface area contributed by atoms with Crippen molar-refractivity contribution in [1.29, 1.82) is 0 Å². The number of aromatic nitrogens is 1. The van der Waals surface area contributed by atoms with Crippen LogP contribution in [0.1, 0.15) is 22.5 Å². The van der Waals surface area contributed by atoms with Gasteiger partial charge in [0.2, 0.25) is 0 Å². The molecule has 42 heavy (non-hydrogen) atoms. The molecular weight excluding hydrogens is 567 g/mol. The summed E-state index contributed by atoms with van der Waals surface area (Å²) in [5.74, 6) is -0.282. The van der Waals surface area contributed by atoms with Gasteiger partial charge in [0.25, 0.3) is 16.8 Å². The maximum atomic E-state index is 13.3. The van der Waals surface area contributed by atoms with Crippen LogP contribution in [0.2, 0.25) is 0 Å². The van der Waals surface area contributed by atoms with E-state index in [2.05, 4.69) is 4.57 Å². The van der Waals surface area contributed by atoms with Crippen molar-refractivity contribution in [3.63, 3.8) is 0 Å². The van der Waals surface area contributed by atoms with Crippen LogP contribution in [0.25, 0.3) is 22.5 Å². The second kappa shape index (κ2) is 11.3. The van der Waals surface area contributed by atoms with E-state index in [-0.39, 0.29) is 23.4 Å². The molecule has 2 heterocycles. The number of hydrogen-bond donors (Lipinski definition) is 0. The molecular formula is C33H25N3O4S2. The first-order valence-corrected chi connectivity index (χ1v) is 14.8. The smallest absolute Gasteiger partial charge is 0.293 e. The van der Waals surface area contributed by atoms with Crippen LogP contribution in [0.4, 0.5) is 10.5 Å². The Morgan fingerprint density at radius 1 is 0.857 bits per heavy atom. The molecule has 7 nitrogen and oxygen atoms in total. The standard InChI is InChI=1S/C33H25N3O4S2/c1-21-17-26(19-31-32(37)34(33(38)42-31)20-23-7-8-24-5-3-4-6-25(24)18-23)22(2)35(21)27-9-13-29(14-10-27)41-30-15-11-28(12-16-30)36(39)40/h3-19H,20H2,1-2H3/b31-19-. The molecule has 6 rings (SSSR count). The quantitative estimate of drug-likeness (QED) is 0.107. The number of fused-ring (bicyclic) bond motifs is 1. The lowest BCUT2D eigenvalue weighted by Crippen LogP contribution is -2.27. The number of carbonyl (C=O) groups excluding carboxylic acids is 2. The van der Waals surface area contributed by atoms with Crippen LogP contribution in [0.5, 0.6) is 0 Å². The lowest BCUT2D eigenvalue weighted by atomic mass is 10.1. The zero-order chi connectivity index (χ0) is 29.4. The minimum absolute atomic E-state index is 0.0683. The van der Waals surface area contributed by atoms with Crippen molar-refractivity contribution in [3.05, 3.63) is 135 Å². The molecule has 2 amide bonds. The van der Waals surface area contributed by atoms with Crippen LogP contribution in [-0.4, -0.2) is 25.5 Å². The summed E-state index contributed by atoms with van der Waals surface area (Å²) < 4.78 is 2.12. The molecule has 1 aromatic heterocycles. The molecule has 0 radical (unpaired) electrons. The number of nitrogens with zero attached hydrogens (tertiary/aromatic N) is 3. The lowest BCUT2D eigenvalue weighted by Gasteiger charge is -2.13. The second-order valence-corrected chi connectivity index (χ2v) is 12.1. The van der Waals surface area contributed by atoms with E-state index in [9.17, 15) is 19.7 Å². The van der Waals surface area contributed by atoms with E-state index >= 15 is 0 Å². The van der Waals surface area contributed by atoms with Gasteiger partial charge in [-0.2, -0.15) is 0 Å². The summed E-state index contributed by atoms with van der Waals surface area (Å²) in [4.78, 5) is 40.2. The zero-order valence-corrected chi connectivity index (χ0v) is 24.4. The SMILES string of the molecule is Cc1cc(/C=C2\SC(=O)N(Cc3ccc4ccccc4c3)C2=O)c(C)n1-c1ccc(Sc2ccc([N+](=O)[O-])cc2)cc1. The Hall–Kier alpha value is -4.60. The Labute approximate surface area is 251 Å². The topological polar surface area (TPSA) is 85.5 Å². The molecule has 1 aliphatic heterocycles. The number of nitro benzene ring substituents is 1. The molecule has 0 saturated carbocycles. The van der Waals surface area contributed by atoms with Gasteiger partial charge >= 0.3 is 0 Å². The van der Waals surface area contributed by atoms with Crippen LogP contribution < -0.4 is 0 Å². The van der Waals surface area contributed by atoms with E-state index < -0.39 is 4.92 Å². The fourth-order valence-electron chi connectivity index (χ4n) is 5.06. The van der Waals surface area contributed by atoms with Crippen LogP contribution in [-0.2, 0) is 11.3 Å². The molecule has 1 fully saturated rings. The van der Waals surface area contributed by atoms with E-state index in [1.807, 2.05) is 92.7 Å². The summed E-state index contributed by atoms with van der Waals surface area (Å²) in [5.41, 5.74) is 4.80. The highest BCUT2D eigenvalue weighted by molar-refractivity contribution is 8.18. The largest absolute Gasteiger partial charge is 0.318 e. The fraction of sp³-hybridized carbons (Fsp3) is 0.0909. The van der Waals surface area contributed by atoms with Crippen molar-refractivity contribution in [1.82, 2.24) is 9.47 Å². The molecule has 1 saturated heterocycles. The predicted molar refractivity (Wildman–Crippen MR) is 168 cm³/mol. The van der Waals surface area contributed by atoms with Crippen molar-refractivity contribution in [2.75, 3.05) is 0 Å². The molecule has 0 spiro atoms. The molecule has 208 valence electrons. The van der Waals surface area contributed by atoms with Crippen LogP contribution in [0, 0.1) is 24.0 Å². The van der Waals surface area contributed by atoms with Gasteiger partial charge < -0.3 is 4.57 Å². The molecule has 1 aliphatic rings. The van der Waals surface area contributed by atoms with Gasteiger partial charge in [-0.1, -0.05) is 48.2 Å². The maximum absolute atomic E-state index is 13.3. The normalized spacial score (nSPS) is 14.3. The molecule has 0 unspecified atom stereocenters. The van der Waals surface area contributed by atoms with E-state index in [1.54, 1.807) is 12.1 Å². The van der Waals surface area contributed by atoms with Crippen LogP contribution in [0.3, 0.4) is 0 Å². The van der Waals surface area contributed by atoms with Crippen molar-refractivity contribution >= 4 is 57.2 Å². The van der Waals surface area contributed by atoms with Gasteiger partial charge in [-0.05, 0) is 102 Å². The van der Waals surface area contributed by atoms with Crippen molar-refractivity contribution < 1.29 is 14.5 Å². The third kappa shape index (κ3) is 5.48. The Morgan fingerprint density at radius 2 is 1.52 bits per heavy atom. The number of aryl methyl sites for hydroxylation is 1. The van der Waals surface area contributed by atoms with Crippen molar-refractivity contribution in [2.24, 2.45) is 0 Å². The van der Waals surface area contributed by atoms with Gasteiger partial charge in [-0.25, -0.2) is 0 Å². The molecule has 0 N–H and O–H groups in total. The Bertz CT molecular complexity index is 1890. The van der Waals surface area contributed by atoms with Crippen LogP contribution >= 0.6 is 23.5 Å². The van der Waals surface area contributed by atoms with Gasteiger partial charge in [-0.15, -0.1) is 0 Å².